The van der Waals surface area contributed by atoms with Crippen LogP contribution in [0.3, 0.4) is 0 Å². The van der Waals surface area contributed by atoms with Gasteiger partial charge in [-0.05, 0) is 6.42 Å². The molecule has 0 saturated carbocycles. The van der Waals surface area contributed by atoms with E-state index in [-0.39, 0.29) is 4.80 Å². The third-order valence-electron chi connectivity index (χ3n) is 1.70. The Morgan fingerprint density at radius 2 is 2.20 bits per heavy atom. The van der Waals surface area contributed by atoms with Gasteiger partial charge in [0.2, 0.25) is 0 Å². The molecule has 0 bridgehead atoms. The van der Waals surface area contributed by atoms with Crippen molar-refractivity contribution < 1.29 is 18.0 Å². The van der Waals surface area contributed by atoms with E-state index in [0.717, 1.165) is 11.3 Å². The highest BCUT2D eigenvalue weighted by Crippen LogP contribution is 2.18. The number of aromatic nitrogens is 1. The van der Waals surface area contributed by atoms with E-state index < -0.39 is 12.1 Å². The second-order valence-electron chi connectivity index (χ2n) is 2.73. The SMILES string of the molecule is CCc1cn(C(=O)C(F)(F)F)c(=NC)s1. The van der Waals surface area contributed by atoms with E-state index in [4.69, 9.17) is 0 Å². The van der Waals surface area contributed by atoms with E-state index in [1.54, 1.807) is 6.92 Å². The van der Waals surface area contributed by atoms with Gasteiger partial charge in [-0.25, -0.2) is 0 Å². The van der Waals surface area contributed by atoms with Gasteiger partial charge in [0, 0.05) is 18.1 Å². The van der Waals surface area contributed by atoms with Crippen molar-refractivity contribution in [1.29, 1.82) is 0 Å². The first kappa shape index (κ1) is 12.0. The van der Waals surface area contributed by atoms with Crippen LogP contribution >= 0.6 is 11.3 Å². The van der Waals surface area contributed by atoms with Crippen molar-refractivity contribution >= 4 is 17.2 Å². The van der Waals surface area contributed by atoms with E-state index in [0.29, 0.717) is 15.9 Å². The summed E-state index contributed by atoms with van der Waals surface area (Å²) in [6.45, 7) is 1.80. The Labute approximate surface area is 87.9 Å². The summed E-state index contributed by atoms with van der Waals surface area (Å²) in [5.41, 5.74) is 0. The van der Waals surface area contributed by atoms with Crippen LogP contribution in [0, 0.1) is 0 Å². The van der Waals surface area contributed by atoms with Gasteiger partial charge in [-0.3, -0.25) is 14.4 Å². The Bertz CT molecular complexity index is 430. The highest BCUT2D eigenvalue weighted by molar-refractivity contribution is 7.09. The fourth-order valence-corrected chi connectivity index (χ4v) is 1.85. The first-order valence-electron chi connectivity index (χ1n) is 4.15. The van der Waals surface area contributed by atoms with E-state index in [1.807, 2.05) is 0 Å². The van der Waals surface area contributed by atoms with Gasteiger partial charge in [-0.15, -0.1) is 11.3 Å². The average molecular weight is 238 g/mol. The molecule has 0 atom stereocenters. The highest BCUT2D eigenvalue weighted by atomic mass is 32.1. The Hall–Kier alpha value is -1.11. The van der Waals surface area contributed by atoms with Crippen LogP contribution in [-0.4, -0.2) is 23.7 Å². The molecule has 3 nitrogen and oxygen atoms in total. The summed E-state index contributed by atoms with van der Waals surface area (Å²) >= 11 is 1.08. The van der Waals surface area contributed by atoms with E-state index in [2.05, 4.69) is 4.99 Å². The molecular formula is C8H9F3N2OS. The fraction of sp³-hybridized carbons (Fsp3) is 0.500. The van der Waals surface area contributed by atoms with Gasteiger partial charge in [0.05, 0.1) is 0 Å². The lowest BCUT2D eigenvalue weighted by atomic mass is 10.4. The molecule has 0 spiro atoms. The minimum Gasteiger partial charge on any atom is -0.263 e. The largest absolute Gasteiger partial charge is 0.472 e. The van der Waals surface area contributed by atoms with Gasteiger partial charge in [0.25, 0.3) is 0 Å². The van der Waals surface area contributed by atoms with E-state index in [1.165, 1.54) is 13.2 Å². The minimum absolute atomic E-state index is 0.0641. The standard InChI is InChI=1S/C8H9F3N2OS/c1-3-5-4-13(7(12-2)15-5)6(14)8(9,10)11/h4H,3H2,1-2H3. The van der Waals surface area contributed by atoms with Crippen LogP contribution in [0.25, 0.3) is 0 Å². The molecule has 0 saturated heterocycles. The van der Waals surface area contributed by atoms with Crippen LogP contribution in [0.15, 0.2) is 11.2 Å². The van der Waals surface area contributed by atoms with Gasteiger partial charge >= 0.3 is 12.1 Å². The number of hydrogen-bond acceptors (Lipinski definition) is 3. The summed E-state index contributed by atoms with van der Waals surface area (Å²) in [6, 6.07) is 0. The van der Waals surface area contributed by atoms with E-state index >= 15 is 0 Å². The summed E-state index contributed by atoms with van der Waals surface area (Å²) in [5.74, 6) is -1.90. The van der Waals surface area contributed by atoms with Crippen LogP contribution in [0.5, 0.6) is 0 Å². The lowest BCUT2D eigenvalue weighted by Gasteiger charge is -2.04. The van der Waals surface area contributed by atoms with Crippen LogP contribution in [0.4, 0.5) is 13.2 Å². The zero-order valence-electron chi connectivity index (χ0n) is 8.13. The number of hydrogen-bond donors (Lipinski definition) is 0. The Morgan fingerprint density at radius 1 is 1.60 bits per heavy atom. The van der Waals surface area contributed by atoms with E-state index in [9.17, 15) is 18.0 Å². The summed E-state index contributed by atoms with van der Waals surface area (Å²) < 4.78 is 37.0. The Balaban J connectivity index is 3.26. The van der Waals surface area contributed by atoms with Crippen molar-refractivity contribution in [2.24, 2.45) is 4.99 Å². The van der Waals surface area contributed by atoms with Crippen molar-refractivity contribution in [2.75, 3.05) is 7.05 Å². The first-order valence-corrected chi connectivity index (χ1v) is 4.97. The van der Waals surface area contributed by atoms with Gasteiger partial charge in [0.15, 0.2) is 4.80 Å². The third-order valence-corrected chi connectivity index (χ3v) is 2.92. The van der Waals surface area contributed by atoms with Gasteiger partial charge in [-0.2, -0.15) is 13.2 Å². The number of aryl methyl sites for hydroxylation is 1. The molecule has 1 aromatic heterocycles. The molecule has 0 unspecified atom stereocenters. The van der Waals surface area contributed by atoms with Crippen molar-refractivity contribution in [3.05, 3.63) is 15.9 Å². The number of thiazole rings is 1. The summed E-state index contributed by atoms with van der Waals surface area (Å²) in [4.78, 5) is 15.3. The molecule has 0 N–H and O–H groups in total. The second-order valence-corrected chi connectivity index (χ2v) is 3.82. The molecule has 0 aliphatic heterocycles. The number of carbonyl (C=O) groups is 1. The number of nitrogens with zero attached hydrogens (tertiary/aromatic N) is 2. The smallest absolute Gasteiger partial charge is 0.263 e. The topological polar surface area (TPSA) is 34.4 Å². The number of rotatable bonds is 1. The number of carbonyl (C=O) groups excluding carboxylic acids is 1. The molecular weight excluding hydrogens is 229 g/mol. The quantitative estimate of drug-likeness (QED) is 0.735. The van der Waals surface area contributed by atoms with Crippen molar-refractivity contribution in [3.63, 3.8) is 0 Å². The van der Waals surface area contributed by atoms with Gasteiger partial charge in [0.1, 0.15) is 0 Å². The first-order chi connectivity index (χ1) is 6.90. The molecule has 0 amide bonds. The monoisotopic (exact) mass is 238 g/mol. The molecule has 84 valence electrons. The van der Waals surface area contributed by atoms with Crippen LogP contribution < -0.4 is 4.80 Å². The maximum atomic E-state index is 12.2. The zero-order valence-corrected chi connectivity index (χ0v) is 8.95. The predicted octanol–water partition coefficient (Wildman–Crippen LogP) is 1.84. The zero-order chi connectivity index (χ0) is 11.6. The Morgan fingerprint density at radius 3 is 2.60 bits per heavy atom. The molecule has 1 heterocycles. The van der Waals surface area contributed by atoms with Crippen molar-refractivity contribution in [3.8, 4) is 0 Å². The summed E-state index contributed by atoms with van der Waals surface area (Å²) in [5, 5.41) is 0. The average Bonchev–Trinajstić information content (AvgIpc) is 2.57. The van der Waals surface area contributed by atoms with Crippen LogP contribution in [-0.2, 0) is 6.42 Å². The van der Waals surface area contributed by atoms with Crippen molar-refractivity contribution in [1.82, 2.24) is 4.57 Å². The van der Waals surface area contributed by atoms with Gasteiger partial charge < -0.3 is 0 Å². The molecule has 1 aromatic rings. The molecule has 0 aromatic carbocycles. The number of halogens is 3. The molecule has 7 heteroatoms. The third kappa shape index (κ3) is 2.47. The van der Waals surface area contributed by atoms with Crippen molar-refractivity contribution in [2.45, 2.75) is 19.5 Å². The van der Waals surface area contributed by atoms with Gasteiger partial charge in [-0.1, -0.05) is 6.92 Å². The summed E-state index contributed by atoms with van der Waals surface area (Å²) in [7, 11) is 1.35. The Kier molecular flexibility index (Phi) is 3.33. The minimum atomic E-state index is -4.86. The molecule has 0 fully saturated rings. The second kappa shape index (κ2) is 4.18. The molecule has 0 aliphatic carbocycles. The summed E-state index contributed by atoms with van der Waals surface area (Å²) in [6.07, 6.45) is -3.11. The molecule has 0 aliphatic rings. The molecule has 15 heavy (non-hydrogen) atoms. The van der Waals surface area contributed by atoms with Crippen LogP contribution in [0.1, 0.15) is 16.6 Å². The maximum Gasteiger partial charge on any atom is 0.472 e. The predicted molar refractivity (Wildman–Crippen MR) is 49.9 cm³/mol. The highest BCUT2D eigenvalue weighted by Gasteiger charge is 2.40. The fourth-order valence-electron chi connectivity index (χ4n) is 0.991. The molecule has 1 rings (SSSR count). The lowest BCUT2D eigenvalue weighted by molar-refractivity contribution is -0.0948. The maximum absolute atomic E-state index is 12.2. The lowest BCUT2D eigenvalue weighted by Crippen LogP contribution is -2.34. The normalized spacial score (nSPS) is 13.3. The number of alkyl halides is 3. The molecule has 0 radical (unpaired) electrons. The van der Waals surface area contributed by atoms with Crippen LogP contribution in [0.2, 0.25) is 0 Å².